The molecular formula is C11H10N2O5. The van der Waals surface area contributed by atoms with Crippen molar-refractivity contribution in [2.24, 2.45) is 0 Å². The van der Waals surface area contributed by atoms with Crippen molar-refractivity contribution in [1.29, 1.82) is 5.26 Å². The second kappa shape index (κ2) is 5.63. The van der Waals surface area contributed by atoms with Crippen LogP contribution in [0.3, 0.4) is 0 Å². The van der Waals surface area contributed by atoms with Gasteiger partial charge in [0.1, 0.15) is 17.2 Å². The molecule has 0 aliphatic heterocycles. The van der Waals surface area contributed by atoms with E-state index in [-0.39, 0.29) is 29.2 Å². The van der Waals surface area contributed by atoms with Crippen LogP contribution < -0.4 is 4.74 Å². The van der Waals surface area contributed by atoms with Crippen molar-refractivity contribution in [3.8, 4) is 11.8 Å². The Morgan fingerprint density at radius 1 is 1.56 bits per heavy atom. The summed E-state index contributed by atoms with van der Waals surface area (Å²) in [4.78, 5) is 21.6. The number of carbonyl (C=O) groups excluding carboxylic acids is 1. The van der Waals surface area contributed by atoms with E-state index in [0.717, 1.165) is 12.1 Å². The summed E-state index contributed by atoms with van der Waals surface area (Å²) < 4.78 is 9.68. The van der Waals surface area contributed by atoms with Crippen LogP contribution in [0.25, 0.3) is 0 Å². The van der Waals surface area contributed by atoms with Gasteiger partial charge in [-0.05, 0) is 6.92 Å². The van der Waals surface area contributed by atoms with Crippen LogP contribution in [0.2, 0.25) is 0 Å². The molecule has 0 aromatic heterocycles. The van der Waals surface area contributed by atoms with Gasteiger partial charge in [-0.2, -0.15) is 5.26 Å². The van der Waals surface area contributed by atoms with Gasteiger partial charge in [0.25, 0.3) is 5.69 Å². The first-order valence-electron chi connectivity index (χ1n) is 4.98. The predicted octanol–water partition coefficient (Wildman–Crippen LogP) is 1.65. The van der Waals surface area contributed by atoms with Gasteiger partial charge >= 0.3 is 5.97 Å². The van der Waals surface area contributed by atoms with E-state index in [0.29, 0.717) is 0 Å². The second-order valence-corrected chi connectivity index (χ2v) is 3.16. The summed E-state index contributed by atoms with van der Waals surface area (Å²) in [5, 5.41) is 19.6. The highest BCUT2D eigenvalue weighted by molar-refractivity contribution is 5.94. The van der Waals surface area contributed by atoms with Crippen LogP contribution in [-0.4, -0.2) is 24.6 Å². The number of nitrogens with zero attached hydrogens (tertiary/aromatic N) is 2. The van der Waals surface area contributed by atoms with Crippen molar-refractivity contribution in [3.05, 3.63) is 33.4 Å². The molecule has 0 unspecified atom stereocenters. The summed E-state index contributed by atoms with van der Waals surface area (Å²) in [6, 6.07) is 3.81. The number of carbonyl (C=O) groups is 1. The van der Waals surface area contributed by atoms with Gasteiger partial charge in [-0.3, -0.25) is 10.1 Å². The molecule has 7 nitrogen and oxygen atoms in total. The molecule has 0 atom stereocenters. The zero-order chi connectivity index (χ0) is 13.7. The third-order valence-electron chi connectivity index (χ3n) is 2.10. The van der Waals surface area contributed by atoms with Gasteiger partial charge in [-0.15, -0.1) is 0 Å². The summed E-state index contributed by atoms with van der Waals surface area (Å²) >= 11 is 0. The van der Waals surface area contributed by atoms with Gasteiger partial charge in [0.05, 0.1) is 18.6 Å². The van der Waals surface area contributed by atoms with Crippen LogP contribution in [0.4, 0.5) is 5.69 Å². The van der Waals surface area contributed by atoms with Crippen LogP contribution in [0, 0.1) is 21.4 Å². The summed E-state index contributed by atoms with van der Waals surface area (Å²) in [7, 11) is 1.27. The Morgan fingerprint density at radius 2 is 2.22 bits per heavy atom. The van der Waals surface area contributed by atoms with Crippen molar-refractivity contribution in [2.45, 2.75) is 6.92 Å². The minimum Gasteiger partial charge on any atom is -0.494 e. The Kier molecular flexibility index (Phi) is 4.21. The zero-order valence-corrected chi connectivity index (χ0v) is 9.80. The van der Waals surface area contributed by atoms with Crippen LogP contribution in [-0.2, 0) is 4.74 Å². The smallest absolute Gasteiger partial charge is 0.342 e. The molecule has 7 heteroatoms. The van der Waals surface area contributed by atoms with Crippen molar-refractivity contribution in [3.63, 3.8) is 0 Å². The van der Waals surface area contributed by atoms with Crippen LogP contribution in [0.5, 0.6) is 5.75 Å². The molecule has 0 radical (unpaired) electrons. The highest BCUT2D eigenvalue weighted by Crippen LogP contribution is 2.29. The van der Waals surface area contributed by atoms with Gasteiger partial charge in [0.2, 0.25) is 0 Å². The molecule has 0 saturated heterocycles. The van der Waals surface area contributed by atoms with Gasteiger partial charge in [0, 0.05) is 12.1 Å². The second-order valence-electron chi connectivity index (χ2n) is 3.16. The molecule has 0 fully saturated rings. The van der Waals surface area contributed by atoms with Crippen molar-refractivity contribution < 1.29 is 19.2 Å². The number of hydrogen-bond acceptors (Lipinski definition) is 6. The van der Waals surface area contributed by atoms with Crippen molar-refractivity contribution in [1.82, 2.24) is 0 Å². The lowest BCUT2D eigenvalue weighted by Crippen LogP contribution is -2.08. The number of hydrogen-bond donors (Lipinski definition) is 0. The van der Waals surface area contributed by atoms with E-state index in [2.05, 4.69) is 0 Å². The number of ether oxygens (including phenoxy) is 2. The van der Waals surface area contributed by atoms with Gasteiger partial charge in [-0.25, -0.2) is 4.79 Å². The lowest BCUT2D eigenvalue weighted by Gasteiger charge is -2.09. The highest BCUT2D eigenvalue weighted by Gasteiger charge is 2.22. The Bertz CT molecular complexity index is 533. The fraction of sp³-hybridized carbons (Fsp3) is 0.273. The average molecular weight is 250 g/mol. The lowest BCUT2D eigenvalue weighted by molar-refractivity contribution is -0.384. The molecule has 0 amide bonds. The van der Waals surface area contributed by atoms with Gasteiger partial charge in [0.15, 0.2) is 5.75 Å². The molecule has 1 aromatic carbocycles. The molecule has 0 bridgehead atoms. The molecule has 0 spiro atoms. The molecule has 0 aliphatic carbocycles. The summed E-state index contributed by atoms with van der Waals surface area (Å²) in [5.41, 5.74) is -0.588. The Hall–Kier alpha value is -2.62. The molecule has 94 valence electrons. The number of esters is 1. The number of methoxy groups -OCH3 is 1. The lowest BCUT2D eigenvalue weighted by atomic mass is 10.1. The zero-order valence-electron chi connectivity index (χ0n) is 9.80. The Morgan fingerprint density at radius 3 is 2.67 bits per heavy atom. The maximum Gasteiger partial charge on any atom is 0.342 e. The molecule has 0 saturated carbocycles. The molecule has 0 aliphatic rings. The molecule has 0 N–H and O–H groups in total. The molecule has 1 aromatic rings. The SMILES string of the molecule is CCOC(=O)c1cc([N+](=O)[O-])cc(C#N)c1OC. The minimum absolute atomic E-state index is 0.0263. The summed E-state index contributed by atoms with van der Waals surface area (Å²) in [5.74, 6) is -0.795. The van der Waals surface area contributed by atoms with Crippen LogP contribution in [0.15, 0.2) is 12.1 Å². The Balaban J connectivity index is 3.46. The van der Waals surface area contributed by atoms with Gasteiger partial charge in [-0.1, -0.05) is 0 Å². The van der Waals surface area contributed by atoms with E-state index in [1.54, 1.807) is 13.0 Å². The monoisotopic (exact) mass is 250 g/mol. The van der Waals surface area contributed by atoms with E-state index in [4.69, 9.17) is 14.7 Å². The highest BCUT2D eigenvalue weighted by atomic mass is 16.6. The van der Waals surface area contributed by atoms with E-state index in [9.17, 15) is 14.9 Å². The number of nitro benzene ring substituents is 1. The Labute approximate surface area is 103 Å². The third kappa shape index (κ3) is 2.55. The number of nitro groups is 1. The summed E-state index contributed by atoms with van der Waals surface area (Å²) in [6.07, 6.45) is 0. The number of rotatable bonds is 4. The van der Waals surface area contributed by atoms with Crippen molar-refractivity contribution in [2.75, 3.05) is 13.7 Å². The first kappa shape index (κ1) is 13.4. The van der Waals surface area contributed by atoms with Crippen molar-refractivity contribution >= 4 is 11.7 Å². The fourth-order valence-electron chi connectivity index (χ4n) is 1.38. The molecule has 0 heterocycles. The minimum atomic E-state index is -0.769. The topological polar surface area (TPSA) is 102 Å². The number of non-ortho nitro benzene ring substituents is 1. The van der Waals surface area contributed by atoms with E-state index in [1.165, 1.54) is 7.11 Å². The molecule has 18 heavy (non-hydrogen) atoms. The maximum absolute atomic E-state index is 11.6. The van der Waals surface area contributed by atoms with Crippen LogP contribution >= 0.6 is 0 Å². The predicted molar refractivity (Wildman–Crippen MR) is 60.3 cm³/mol. The average Bonchev–Trinajstić information content (AvgIpc) is 2.37. The van der Waals surface area contributed by atoms with E-state index < -0.39 is 10.9 Å². The van der Waals surface area contributed by atoms with E-state index >= 15 is 0 Å². The molecule has 1 rings (SSSR count). The maximum atomic E-state index is 11.6. The van der Waals surface area contributed by atoms with E-state index in [1.807, 2.05) is 0 Å². The quantitative estimate of drug-likeness (QED) is 0.457. The number of benzene rings is 1. The molecular weight excluding hydrogens is 240 g/mol. The normalized spacial score (nSPS) is 9.39. The first-order valence-corrected chi connectivity index (χ1v) is 4.98. The number of nitriles is 1. The third-order valence-corrected chi connectivity index (χ3v) is 2.10. The standard InChI is InChI=1S/C11H10N2O5/c1-3-18-11(14)9-5-8(13(15)16)4-7(6-12)10(9)17-2/h4-5H,3H2,1-2H3. The van der Waals surface area contributed by atoms with Gasteiger partial charge < -0.3 is 9.47 Å². The first-order chi connectivity index (χ1) is 8.54. The fourth-order valence-corrected chi connectivity index (χ4v) is 1.38. The summed E-state index contributed by atoms with van der Waals surface area (Å²) in [6.45, 7) is 1.72. The largest absolute Gasteiger partial charge is 0.494 e. The van der Waals surface area contributed by atoms with Crippen LogP contribution in [0.1, 0.15) is 22.8 Å².